The van der Waals surface area contributed by atoms with Gasteiger partial charge in [-0.05, 0) is 18.2 Å². The highest BCUT2D eigenvalue weighted by Gasteiger charge is 2.35. The third kappa shape index (κ3) is 2.43. The maximum atomic E-state index is 13.4. The Labute approximate surface area is 171 Å². The van der Waals surface area contributed by atoms with Crippen LogP contribution in [0.15, 0.2) is 47.3 Å². The predicted molar refractivity (Wildman–Crippen MR) is 113 cm³/mol. The standard InChI is InChI=1S/C22H20N4O4/c1-25-21(28)18-13(12-7-6-10-16(29-2)19(12)30-3)11-17(27)24-20(18)26-15-9-5-4-8-14(15)23-22(25)26/h4-10,13H,11H2,1-3H3,(H,24,27)/t13-/m1/s1. The first-order chi connectivity index (χ1) is 14.5. The number of amides is 1. The van der Waals surface area contributed by atoms with Crippen molar-refractivity contribution in [3.8, 4) is 11.5 Å². The lowest BCUT2D eigenvalue weighted by atomic mass is 9.86. The number of rotatable bonds is 3. The minimum atomic E-state index is -0.483. The minimum Gasteiger partial charge on any atom is -0.493 e. The third-order valence-electron chi connectivity index (χ3n) is 5.66. The lowest BCUT2D eigenvalue weighted by molar-refractivity contribution is -0.116. The van der Waals surface area contributed by atoms with Crippen LogP contribution in [0.3, 0.4) is 0 Å². The fourth-order valence-electron chi connectivity index (χ4n) is 4.31. The second kappa shape index (κ2) is 6.62. The summed E-state index contributed by atoms with van der Waals surface area (Å²) < 4.78 is 14.4. The van der Waals surface area contributed by atoms with E-state index in [1.165, 1.54) is 4.57 Å². The molecule has 0 unspecified atom stereocenters. The molecule has 0 bridgehead atoms. The summed E-state index contributed by atoms with van der Waals surface area (Å²) in [7, 11) is 4.80. The van der Waals surface area contributed by atoms with Crippen molar-refractivity contribution in [3.63, 3.8) is 0 Å². The Morgan fingerprint density at radius 3 is 2.63 bits per heavy atom. The van der Waals surface area contributed by atoms with Crippen LogP contribution in [0.4, 0.5) is 5.82 Å². The lowest BCUT2D eigenvalue weighted by Crippen LogP contribution is -2.35. The van der Waals surface area contributed by atoms with E-state index in [-0.39, 0.29) is 17.9 Å². The Bertz CT molecular complexity index is 1390. The second-order valence-electron chi connectivity index (χ2n) is 7.25. The largest absolute Gasteiger partial charge is 0.493 e. The van der Waals surface area contributed by atoms with Gasteiger partial charge in [0.05, 0.1) is 30.8 Å². The zero-order chi connectivity index (χ0) is 21.0. The van der Waals surface area contributed by atoms with Crippen LogP contribution in [-0.4, -0.2) is 34.1 Å². The maximum absolute atomic E-state index is 13.4. The first kappa shape index (κ1) is 18.2. The van der Waals surface area contributed by atoms with E-state index in [1.54, 1.807) is 27.3 Å². The summed E-state index contributed by atoms with van der Waals surface area (Å²) in [5, 5.41) is 2.91. The number of nitrogens with one attached hydrogen (secondary N) is 1. The first-order valence-corrected chi connectivity index (χ1v) is 9.56. The third-order valence-corrected chi connectivity index (χ3v) is 5.66. The summed E-state index contributed by atoms with van der Waals surface area (Å²) in [5.41, 5.74) is 2.59. The highest BCUT2D eigenvalue weighted by molar-refractivity contribution is 5.96. The van der Waals surface area contributed by atoms with Gasteiger partial charge in [-0.2, -0.15) is 0 Å². The molecule has 1 aliphatic rings. The van der Waals surface area contributed by atoms with Crippen molar-refractivity contribution < 1.29 is 14.3 Å². The fourth-order valence-corrected chi connectivity index (χ4v) is 4.31. The van der Waals surface area contributed by atoms with E-state index in [4.69, 9.17) is 9.47 Å². The molecule has 8 nitrogen and oxygen atoms in total. The number of nitrogens with zero attached hydrogens (tertiary/aromatic N) is 3. The Kier molecular flexibility index (Phi) is 4.02. The van der Waals surface area contributed by atoms with E-state index in [0.29, 0.717) is 28.7 Å². The number of hydrogen-bond donors (Lipinski definition) is 1. The van der Waals surface area contributed by atoms with Gasteiger partial charge in [-0.25, -0.2) is 4.98 Å². The number of carbonyl (C=O) groups is 1. The smallest absolute Gasteiger partial charge is 0.260 e. The van der Waals surface area contributed by atoms with Crippen LogP contribution in [-0.2, 0) is 11.8 Å². The van der Waals surface area contributed by atoms with Crippen molar-refractivity contribution in [2.45, 2.75) is 12.3 Å². The molecule has 8 heteroatoms. The van der Waals surface area contributed by atoms with Gasteiger partial charge in [-0.15, -0.1) is 0 Å². The van der Waals surface area contributed by atoms with Crippen LogP contribution in [0, 0.1) is 0 Å². The number of methoxy groups -OCH3 is 2. The number of aromatic nitrogens is 3. The number of benzene rings is 2. The van der Waals surface area contributed by atoms with Gasteiger partial charge < -0.3 is 14.8 Å². The Balaban J connectivity index is 1.89. The molecule has 1 amide bonds. The molecule has 1 atom stereocenters. The summed E-state index contributed by atoms with van der Waals surface area (Å²) in [6.07, 6.45) is 0.129. The molecule has 0 aliphatic carbocycles. The van der Waals surface area contributed by atoms with Crippen molar-refractivity contribution in [3.05, 3.63) is 63.9 Å². The number of para-hydroxylation sites is 3. The first-order valence-electron chi connectivity index (χ1n) is 9.56. The summed E-state index contributed by atoms with van der Waals surface area (Å²) in [5.74, 6) is 1.33. The molecular weight excluding hydrogens is 384 g/mol. The van der Waals surface area contributed by atoms with Crippen molar-refractivity contribution in [1.29, 1.82) is 0 Å². The van der Waals surface area contributed by atoms with E-state index < -0.39 is 5.92 Å². The highest BCUT2D eigenvalue weighted by atomic mass is 16.5. The topological polar surface area (TPSA) is 86.9 Å². The van der Waals surface area contributed by atoms with Gasteiger partial charge in [0, 0.05) is 24.9 Å². The van der Waals surface area contributed by atoms with Crippen LogP contribution >= 0.6 is 0 Å². The number of carbonyl (C=O) groups excluding carboxylic acids is 1. The van der Waals surface area contributed by atoms with Gasteiger partial charge in [0.15, 0.2) is 11.5 Å². The molecule has 5 rings (SSSR count). The van der Waals surface area contributed by atoms with Crippen molar-refractivity contribution in [2.75, 3.05) is 19.5 Å². The van der Waals surface area contributed by atoms with Crippen molar-refractivity contribution in [2.24, 2.45) is 7.05 Å². The quantitative estimate of drug-likeness (QED) is 0.567. The molecule has 1 N–H and O–H groups in total. The van der Waals surface area contributed by atoms with E-state index in [9.17, 15) is 9.59 Å². The van der Waals surface area contributed by atoms with E-state index >= 15 is 0 Å². The van der Waals surface area contributed by atoms with Crippen LogP contribution in [0.25, 0.3) is 16.8 Å². The number of imidazole rings is 1. The molecule has 0 saturated carbocycles. The summed E-state index contributed by atoms with van der Waals surface area (Å²) in [6.45, 7) is 0. The van der Waals surface area contributed by atoms with Crippen LogP contribution in [0.1, 0.15) is 23.5 Å². The molecule has 0 saturated heterocycles. The molecule has 3 heterocycles. The number of anilines is 1. The van der Waals surface area contributed by atoms with E-state index in [0.717, 1.165) is 16.6 Å². The molecule has 2 aromatic carbocycles. The van der Waals surface area contributed by atoms with Gasteiger partial charge in [0.1, 0.15) is 5.82 Å². The zero-order valence-corrected chi connectivity index (χ0v) is 16.8. The summed E-state index contributed by atoms with van der Waals surface area (Å²) in [6, 6.07) is 13.1. The number of ether oxygens (including phenoxy) is 2. The van der Waals surface area contributed by atoms with Crippen molar-refractivity contribution in [1.82, 2.24) is 14.0 Å². The van der Waals surface area contributed by atoms with E-state index in [2.05, 4.69) is 10.3 Å². The maximum Gasteiger partial charge on any atom is 0.260 e. The molecule has 0 radical (unpaired) electrons. The Morgan fingerprint density at radius 2 is 1.87 bits per heavy atom. The summed E-state index contributed by atoms with van der Waals surface area (Å²) in [4.78, 5) is 30.8. The predicted octanol–water partition coefficient (Wildman–Crippen LogP) is 2.68. The highest BCUT2D eigenvalue weighted by Crippen LogP contribution is 2.43. The normalized spacial score (nSPS) is 15.8. The lowest BCUT2D eigenvalue weighted by Gasteiger charge is -2.28. The molecule has 152 valence electrons. The van der Waals surface area contributed by atoms with E-state index in [1.807, 2.05) is 40.8 Å². The zero-order valence-electron chi connectivity index (χ0n) is 16.8. The molecule has 1 aliphatic heterocycles. The van der Waals surface area contributed by atoms with Crippen LogP contribution in [0.2, 0.25) is 0 Å². The molecule has 0 fully saturated rings. The molecule has 30 heavy (non-hydrogen) atoms. The number of hydrogen-bond acceptors (Lipinski definition) is 5. The molecule has 0 spiro atoms. The Hall–Kier alpha value is -3.81. The van der Waals surface area contributed by atoms with Gasteiger partial charge in [0.25, 0.3) is 5.56 Å². The van der Waals surface area contributed by atoms with Gasteiger partial charge in [0.2, 0.25) is 11.7 Å². The van der Waals surface area contributed by atoms with Gasteiger partial charge in [-0.1, -0.05) is 24.3 Å². The molecular formula is C22H20N4O4. The fraction of sp³-hybridized carbons (Fsp3) is 0.227. The van der Waals surface area contributed by atoms with Crippen LogP contribution < -0.4 is 20.3 Å². The monoisotopic (exact) mass is 404 g/mol. The van der Waals surface area contributed by atoms with Crippen LogP contribution in [0.5, 0.6) is 11.5 Å². The molecule has 2 aromatic heterocycles. The van der Waals surface area contributed by atoms with Gasteiger partial charge in [-0.3, -0.25) is 18.6 Å². The number of aryl methyl sites for hydroxylation is 1. The number of fused-ring (bicyclic) bond motifs is 5. The summed E-state index contributed by atoms with van der Waals surface area (Å²) >= 11 is 0. The van der Waals surface area contributed by atoms with Crippen molar-refractivity contribution >= 4 is 28.5 Å². The average molecular weight is 404 g/mol. The Morgan fingerprint density at radius 1 is 1.07 bits per heavy atom. The molecule has 4 aromatic rings. The SMILES string of the molecule is COc1cccc([C@H]2CC(=O)Nc3c2c(=O)n(C)c2nc4ccccc4n32)c1OC. The minimum absolute atomic E-state index is 0.129. The van der Waals surface area contributed by atoms with Gasteiger partial charge >= 0.3 is 0 Å². The average Bonchev–Trinajstić information content (AvgIpc) is 3.16. The second-order valence-corrected chi connectivity index (χ2v) is 7.25.